The molecular weight excluding hydrogens is 344 g/mol. The maximum Gasteiger partial charge on any atom is 0.240 e. The second-order valence-corrected chi connectivity index (χ2v) is 8.71. The first-order chi connectivity index (χ1) is 10.7. The molecule has 1 saturated heterocycles. The van der Waals surface area contributed by atoms with E-state index in [2.05, 4.69) is 9.44 Å². The number of hydrogen-bond donors (Lipinski definition) is 2. The lowest BCUT2D eigenvalue weighted by molar-refractivity contribution is 0.0832. The van der Waals surface area contributed by atoms with E-state index in [-0.39, 0.29) is 22.4 Å². The first-order valence-corrected chi connectivity index (χ1v) is 10.3. The van der Waals surface area contributed by atoms with Gasteiger partial charge < -0.3 is 9.47 Å². The first-order valence-electron chi connectivity index (χ1n) is 6.97. The molecule has 2 N–H and O–H groups in total. The minimum atomic E-state index is -3.76. The smallest absolute Gasteiger partial charge is 0.240 e. The summed E-state index contributed by atoms with van der Waals surface area (Å²) in [6.45, 7) is 1.02. The molecule has 1 aromatic carbocycles. The Morgan fingerprint density at radius 1 is 1.17 bits per heavy atom. The molecular formula is C13H20N2O6S2. The van der Waals surface area contributed by atoms with Gasteiger partial charge in [-0.05, 0) is 31.0 Å². The average Bonchev–Trinajstić information content (AvgIpc) is 2.46. The van der Waals surface area contributed by atoms with E-state index >= 15 is 0 Å². The van der Waals surface area contributed by atoms with Gasteiger partial charge in [0.15, 0.2) is 0 Å². The van der Waals surface area contributed by atoms with E-state index in [9.17, 15) is 16.8 Å². The van der Waals surface area contributed by atoms with Gasteiger partial charge in [0, 0.05) is 19.3 Å². The van der Waals surface area contributed by atoms with Gasteiger partial charge in [0.25, 0.3) is 0 Å². The number of methoxy groups -OCH3 is 1. The van der Waals surface area contributed by atoms with Gasteiger partial charge in [-0.2, -0.15) is 0 Å². The van der Waals surface area contributed by atoms with Crippen LogP contribution in [0.5, 0.6) is 5.75 Å². The van der Waals surface area contributed by atoms with Crippen LogP contribution in [0.2, 0.25) is 0 Å². The minimum Gasteiger partial charge on any atom is -0.495 e. The number of anilines is 1. The predicted molar refractivity (Wildman–Crippen MR) is 85.6 cm³/mol. The molecule has 130 valence electrons. The summed E-state index contributed by atoms with van der Waals surface area (Å²) < 4.78 is 62.8. The van der Waals surface area contributed by atoms with E-state index in [0.29, 0.717) is 26.1 Å². The number of ether oxygens (including phenoxy) is 2. The third-order valence-corrected chi connectivity index (χ3v) is 5.43. The molecule has 1 aromatic rings. The zero-order valence-corrected chi connectivity index (χ0v) is 14.5. The lowest BCUT2D eigenvalue weighted by atomic mass is 10.1. The Bertz CT molecular complexity index is 755. The molecule has 1 aliphatic heterocycles. The van der Waals surface area contributed by atoms with E-state index < -0.39 is 20.0 Å². The molecule has 0 unspecified atom stereocenters. The Morgan fingerprint density at radius 3 is 2.39 bits per heavy atom. The highest BCUT2D eigenvalue weighted by atomic mass is 32.2. The maximum absolute atomic E-state index is 12.4. The van der Waals surface area contributed by atoms with Gasteiger partial charge in [-0.25, -0.2) is 21.6 Å². The number of sulfonamides is 2. The minimum absolute atomic E-state index is 0.0315. The van der Waals surface area contributed by atoms with E-state index in [0.717, 1.165) is 6.26 Å². The Hall–Kier alpha value is -1.36. The molecule has 0 aliphatic carbocycles. The van der Waals surface area contributed by atoms with Crippen molar-refractivity contribution in [2.75, 3.05) is 31.3 Å². The lowest BCUT2D eigenvalue weighted by Gasteiger charge is -2.23. The molecule has 0 atom stereocenters. The van der Waals surface area contributed by atoms with Crippen molar-refractivity contribution < 1.29 is 26.3 Å². The predicted octanol–water partition coefficient (Wildman–Crippen LogP) is 0.524. The summed E-state index contributed by atoms with van der Waals surface area (Å²) in [5, 5.41) is 0. The molecule has 23 heavy (non-hydrogen) atoms. The Balaban J connectivity index is 2.29. The van der Waals surface area contributed by atoms with Crippen LogP contribution in [-0.4, -0.2) is 49.5 Å². The molecule has 0 saturated carbocycles. The molecule has 1 aliphatic rings. The summed E-state index contributed by atoms with van der Waals surface area (Å²) in [7, 11) is -5.95. The molecule has 0 radical (unpaired) electrons. The quantitative estimate of drug-likeness (QED) is 0.761. The van der Waals surface area contributed by atoms with Crippen LogP contribution in [0.15, 0.2) is 23.1 Å². The van der Waals surface area contributed by atoms with Gasteiger partial charge in [-0.3, -0.25) is 4.72 Å². The SMILES string of the molecule is COc1ccc(S(=O)(=O)NC2CCOCC2)cc1NS(C)(=O)=O. The maximum atomic E-state index is 12.4. The molecule has 0 bridgehead atoms. The van der Waals surface area contributed by atoms with Gasteiger partial charge in [0.1, 0.15) is 5.75 Å². The number of nitrogens with one attached hydrogen (secondary N) is 2. The average molecular weight is 364 g/mol. The van der Waals surface area contributed by atoms with Crippen LogP contribution in [0.4, 0.5) is 5.69 Å². The van der Waals surface area contributed by atoms with Gasteiger partial charge >= 0.3 is 0 Å². The normalized spacial score (nSPS) is 17.0. The lowest BCUT2D eigenvalue weighted by Crippen LogP contribution is -2.38. The summed E-state index contributed by atoms with van der Waals surface area (Å²) in [5.74, 6) is 0.237. The van der Waals surface area contributed by atoms with Gasteiger partial charge in [-0.15, -0.1) is 0 Å². The van der Waals surface area contributed by atoms with Gasteiger partial charge in [0.05, 0.1) is 23.9 Å². The Morgan fingerprint density at radius 2 is 1.83 bits per heavy atom. The van der Waals surface area contributed by atoms with Crippen molar-refractivity contribution in [2.24, 2.45) is 0 Å². The summed E-state index contributed by atoms with van der Waals surface area (Å²) >= 11 is 0. The second-order valence-electron chi connectivity index (χ2n) is 5.24. The Kier molecular flexibility index (Phi) is 5.50. The van der Waals surface area contributed by atoms with Gasteiger partial charge in [-0.1, -0.05) is 0 Å². The van der Waals surface area contributed by atoms with Crippen LogP contribution in [-0.2, 0) is 24.8 Å². The zero-order chi connectivity index (χ0) is 17.1. The number of rotatable bonds is 6. The largest absolute Gasteiger partial charge is 0.495 e. The highest BCUT2D eigenvalue weighted by molar-refractivity contribution is 7.92. The first kappa shape index (κ1) is 18.0. The molecule has 0 aromatic heterocycles. The zero-order valence-electron chi connectivity index (χ0n) is 12.9. The van der Waals surface area contributed by atoms with E-state index in [1.807, 2.05) is 0 Å². The van der Waals surface area contributed by atoms with Gasteiger partial charge in [0.2, 0.25) is 20.0 Å². The molecule has 1 fully saturated rings. The van der Waals surface area contributed by atoms with Crippen molar-refractivity contribution in [3.8, 4) is 5.75 Å². The standard InChI is InChI=1S/C13H20N2O6S2/c1-20-13-4-3-11(9-12(13)15-22(2,16)17)23(18,19)14-10-5-7-21-8-6-10/h3-4,9-10,14-15H,5-8H2,1-2H3. The third-order valence-electron chi connectivity index (χ3n) is 3.32. The van der Waals surface area contributed by atoms with Crippen LogP contribution >= 0.6 is 0 Å². The van der Waals surface area contributed by atoms with Crippen LogP contribution in [0.3, 0.4) is 0 Å². The van der Waals surface area contributed by atoms with Crippen molar-refractivity contribution in [1.29, 1.82) is 0 Å². The fourth-order valence-corrected chi connectivity index (χ4v) is 4.13. The topological polar surface area (TPSA) is 111 Å². The van der Waals surface area contributed by atoms with Crippen molar-refractivity contribution >= 4 is 25.7 Å². The molecule has 2 rings (SSSR count). The van der Waals surface area contributed by atoms with E-state index in [1.54, 1.807) is 0 Å². The van der Waals surface area contributed by atoms with E-state index in [1.165, 1.54) is 25.3 Å². The highest BCUT2D eigenvalue weighted by Crippen LogP contribution is 2.28. The van der Waals surface area contributed by atoms with Crippen LogP contribution in [0.25, 0.3) is 0 Å². The fraction of sp³-hybridized carbons (Fsp3) is 0.538. The van der Waals surface area contributed by atoms with Crippen molar-refractivity contribution in [3.05, 3.63) is 18.2 Å². The third kappa shape index (κ3) is 5.06. The van der Waals surface area contributed by atoms with Crippen LogP contribution in [0, 0.1) is 0 Å². The number of hydrogen-bond acceptors (Lipinski definition) is 6. The summed E-state index contributed by atoms with van der Waals surface area (Å²) in [6, 6.07) is 3.82. The van der Waals surface area contributed by atoms with Crippen molar-refractivity contribution in [1.82, 2.24) is 4.72 Å². The van der Waals surface area contributed by atoms with Crippen molar-refractivity contribution in [3.63, 3.8) is 0 Å². The molecule has 8 nitrogen and oxygen atoms in total. The summed E-state index contributed by atoms with van der Waals surface area (Å²) in [5.41, 5.74) is 0.0739. The molecule has 1 heterocycles. The van der Waals surface area contributed by atoms with Crippen molar-refractivity contribution in [2.45, 2.75) is 23.8 Å². The molecule has 0 amide bonds. The van der Waals surface area contributed by atoms with Crippen LogP contribution in [0.1, 0.15) is 12.8 Å². The molecule has 10 heteroatoms. The molecule has 0 spiro atoms. The monoisotopic (exact) mass is 364 g/mol. The fourth-order valence-electron chi connectivity index (χ4n) is 2.24. The van der Waals surface area contributed by atoms with E-state index in [4.69, 9.17) is 9.47 Å². The van der Waals surface area contributed by atoms with Crippen LogP contribution < -0.4 is 14.2 Å². The second kappa shape index (κ2) is 7.04. The highest BCUT2D eigenvalue weighted by Gasteiger charge is 2.23. The summed E-state index contributed by atoms with van der Waals surface area (Å²) in [6.07, 6.45) is 2.18. The number of benzene rings is 1. The summed E-state index contributed by atoms with van der Waals surface area (Å²) in [4.78, 5) is -0.0315. The Labute approximate surface area is 136 Å².